The molecular formula is C21H28N2O3S. The largest absolute Gasteiger partial charge is 0.308 e. The van der Waals surface area contributed by atoms with E-state index in [1.165, 1.54) is 12.1 Å². The molecule has 1 N–H and O–H groups in total. The number of sulfonamides is 1. The van der Waals surface area contributed by atoms with Crippen molar-refractivity contribution < 1.29 is 13.2 Å². The monoisotopic (exact) mass is 388 g/mol. The van der Waals surface area contributed by atoms with Crippen LogP contribution in [0.15, 0.2) is 47.4 Å². The van der Waals surface area contributed by atoms with E-state index in [0.717, 1.165) is 16.8 Å². The number of nitrogens with zero attached hydrogens (tertiary/aromatic N) is 1. The van der Waals surface area contributed by atoms with Gasteiger partial charge in [0, 0.05) is 23.3 Å². The SMILES string of the molecule is CCN(C(=O)c1cc(S(=O)(=O)NC(C)(C)C)ccc1C)c1ccccc1C. The van der Waals surface area contributed by atoms with E-state index >= 15 is 0 Å². The first kappa shape index (κ1) is 21.1. The number of hydrogen-bond donors (Lipinski definition) is 1. The van der Waals surface area contributed by atoms with Crippen molar-refractivity contribution in [2.24, 2.45) is 0 Å². The normalized spacial score (nSPS) is 12.1. The predicted octanol–water partition coefficient (Wildman–Crippen LogP) is 4.05. The molecule has 0 aliphatic carbocycles. The molecule has 5 nitrogen and oxygen atoms in total. The summed E-state index contributed by atoms with van der Waals surface area (Å²) in [7, 11) is -3.72. The van der Waals surface area contributed by atoms with Crippen molar-refractivity contribution in [2.75, 3.05) is 11.4 Å². The zero-order valence-electron chi connectivity index (χ0n) is 16.8. The number of benzene rings is 2. The highest BCUT2D eigenvalue weighted by Crippen LogP contribution is 2.24. The van der Waals surface area contributed by atoms with E-state index in [-0.39, 0.29) is 10.8 Å². The van der Waals surface area contributed by atoms with Gasteiger partial charge in [0.15, 0.2) is 0 Å². The van der Waals surface area contributed by atoms with Gasteiger partial charge in [-0.2, -0.15) is 0 Å². The molecule has 0 radical (unpaired) electrons. The van der Waals surface area contributed by atoms with Crippen molar-refractivity contribution in [2.45, 2.75) is 52.0 Å². The summed E-state index contributed by atoms with van der Waals surface area (Å²) in [6, 6.07) is 12.3. The second kappa shape index (κ2) is 7.82. The summed E-state index contributed by atoms with van der Waals surface area (Å²) < 4.78 is 28.0. The molecule has 0 saturated carbocycles. The molecule has 0 spiro atoms. The molecular weight excluding hydrogens is 360 g/mol. The minimum absolute atomic E-state index is 0.0900. The van der Waals surface area contributed by atoms with Gasteiger partial charge in [-0.1, -0.05) is 24.3 Å². The zero-order chi connectivity index (χ0) is 20.4. The van der Waals surface area contributed by atoms with Crippen LogP contribution in [0.3, 0.4) is 0 Å². The number of anilines is 1. The minimum Gasteiger partial charge on any atom is -0.308 e. The number of nitrogens with one attached hydrogen (secondary N) is 1. The summed E-state index contributed by atoms with van der Waals surface area (Å²) in [6.45, 7) is 11.5. The van der Waals surface area contributed by atoms with Gasteiger partial charge in [0.25, 0.3) is 5.91 Å². The Morgan fingerprint density at radius 2 is 1.67 bits per heavy atom. The molecule has 2 aromatic rings. The fourth-order valence-electron chi connectivity index (χ4n) is 2.90. The lowest BCUT2D eigenvalue weighted by Crippen LogP contribution is -2.40. The molecule has 0 bridgehead atoms. The average Bonchev–Trinajstić information content (AvgIpc) is 2.55. The van der Waals surface area contributed by atoms with E-state index < -0.39 is 15.6 Å². The predicted molar refractivity (Wildman–Crippen MR) is 110 cm³/mol. The van der Waals surface area contributed by atoms with Crippen molar-refractivity contribution in [3.05, 3.63) is 59.2 Å². The Balaban J connectivity index is 2.49. The summed E-state index contributed by atoms with van der Waals surface area (Å²) in [5.41, 5.74) is 2.33. The first-order valence-corrected chi connectivity index (χ1v) is 10.5. The molecule has 0 saturated heterocycles. The number of para-hydroxylation sites is 1. The number of carbonyl (C=O) groups is 1. The van der Waals surface area contributed by atoms with Crippen molar-refractivity contribution in [3.63, 3.8) is 0 Å². The summed E-state index contributed by atoms with van der Waals surface area (Å²) >= 11 is 0. The Morgan fingerprint density at radius 1 is 1.04 bits per heavy atom. The van der Waals surface area contributed by atoms with Crippen LogP contribution in [0, 0.1) is 13.8 Å². The van der Waals surface area contributed by atoms with Gasteiger partial charge < -0.3 is 4.90 Å². The van der Waals surface area contributed by atoms with E-state index in [0.29, 0.717) is 12.1 Å². The third-order valence-corrected chi connectivity index (χ3v) is 5.91. The molecule has 2 rings (SSSR count). The Labute approximate surface area is 162 Å². The van der Waals surface area contributed by atoms with Gasteiger partial charge in [-0.25, -0.2) is 13.1 Å². The highest BCUT2D eigenvalue weighted by Gasteiger charge is 2.25. The Kier molecular flexibility index (Phi) is 6.12. The van der Waals surface area contributed by atoms with Gasteiger partial charge in [-0.3, -0.25) is 4.79 Å². The fraction of sp³-hybridized carbons (Fsp3) is 0.381. The van der Waals surface area contributed by atoms with Gasteiger partial charge in [0.05, 0.1) is 4.90 Å². The summed E-state index contributed by atoms with van der Waals surface area (Å²) in [6.07, 6.45) is 0. The first-order chi connectivity index (χ1) is 12.5. The Morgan fingerprint density at radius 3 is 2.22 bits per heavy atom. The van der Waals surface area contributed by atoms with Crippen LogP contribution < -0.4 is 9.62 Å². The van der Waals surface area contributed by atoms with Crippen LogP contribution >= 0.6 is 0 Å². The first-order valence-electron chi connectivity index (χ1n) is 8.98. The van der Waals surface area contributed by atoms with Crippen LogP contribution in [-0.4, -0.2) is 26.4 Å². The van der Waals surface area contributed by atoms with E-state index in [2.05, 4.69) is 4.72 Å². The lowest BCUT2D eigenvalue weighted by Gasteiger charge is -2.24. The Bertz CT molecular complexity index is 944. The fourth-order valence-corrected chi connectivity index (χ4v) is 4.34. The minimum atomic E-state index is -3.72. The van der Waals surface area contributed by atoms with E-state index in [9.17, 15) is 13.2 Å². The van der Waals surface area contributed by atoms with Crippen LogP contribution in [0.5, 0.6) is 0 Å². The van der Waals surface area contributed by atoms with Gasteiger partial charge in [-0.15, -0.1) is 0 Å². The van der Waals surface area contributed by atoms with Crippen molar-refractivity contribution in [3.8, 4) is 0 Å². The molecule has 0 aliphatic rings. The van der Waals surface area contributed by atoms with Gasteiger partial charge >= 0.3 is 0 Å². The number of hydrogen-bond acceptors (Lipinski definition) is 3. The molecule has 27 heavy (non-hydrogen) atoms. The second-order valence-electron chi connectivity index (χ2n) is 7.67. The molecule has 0 aromatic heterocycles. The third kappa shape index (κ3) is 4.96. The quantitative estimate of drug-likeness (QED) is 0.840. The number of aryl methyl sites for hydroxylation is 2. The Hall–Kier alpha value is -2.18. The van der Waals surface area contributed by atoms with Crippen molar-refractivity contribution >= 4 is 21.6 Å². The summed E-state index contributed by atoms with van der Waals surface area (Å²) in [4.78, 5) is 15.0. The molecule has 146 valence electrons. The van der Waals surface area contributed by atoms with Crippen molar-refractivity contribution in [1.29, 1.82) is 0 Å². The van der Waals surface area contributed by atoms with Crippen LogP contribution in [-0.2, 0) is 10.0 Å². The van der Waals surface area contributed by atoms with E-state index in [1.807, 2.05) is 45.0 Å². The number of carbonyl (C=O) groups excluding carboxylic acids is 1. The van der Waals surface area contributed by atoms with Crippen LogP contribution in [0.1, 0.15) is 49.2 Å². The molecule has 0 atom stereocenters. The van der Waals surface area contributed by atoms with Gasteiger partial charge in [0.2, 0.25) is 10.0 Å². The van der Waals surface area contributed by atoms with E-state index in [1.54, 1.807) is 31.7 Å². The van der Waals surface area contributed by atoms with Crippen LogP contribution in [0.4, 0.5) is 5.69 Å². The lowest BCUT2D eigenvalue weighted by molar-refractivity contribution is 0.0987. The number of rotatable bonds is 5. The van der Waals surface area contributed by atoms with Crippen molar-refractivity contribution in [1.82, 2.24) is 4.72 Å². The summed E-state index contributed by atoms with van der Waals surface area (Å²) in [5, 5.41) is 0. The van der Waals surface area contributed by atoms with Gasteiger partial charge in [-0.05, 0) is 70.9 Å². The molecule has 1 amide bonds. The maximum atomic E-state index is 13.2. The smallest absolute Gasteiger partial charge is 0.258 e. The standard InChI is InChI=1S/C21H28N2O3S/c1-7-23(19-11-9-8-10-16(19)3)20(24)18-14-17(13-12-15(18)2)27(25,26)22-21(4,5)6/h8-14,22H,7H2,1-6H3. The number of amides is 1. The molecule has 0 unspecified atom stereocenters. The molecule has 6 heteroatoms. The van der Waals surface area contributed by atoms with Crippen LogP contribution in [0.25, 0.3) is 0 Å². The third-order valence-electron chi connectivity index (χ3n) is 4.16. The molecule has 0 heterocycles. The summed E-state index contributed by atoms with van der Waals surface area (Å²) in [5.74, 6) is -0.211. The molecule has 0 aliphatic heterocycles. The highest BCUT2D eigenvalue weighted by molar-refractivity contribution is 7.89. The lowest BCUT2D eigenvalue weighted by atomic mass is 10.1. The maximum Gasteiger partial charge on any atom is 0.258 e. The molecule has 0 fully saturated rings. The van der Waals surface area contributed by atoms with Crippen LogP contribution in [0.2, 0.25) is 0 Å². The highest BCUT2D eigenvalue weighted by atomic mass is 32.2. The molecule has 2 aromatic carbocycles. The van der Waals surface area contributed by atoms with Gasteiger partial charge in [0.1, 0.15) is 0 Å². The maximum absolute atomic E-state index is 13.2. The zero-order valence-corrected chi connectivity index (χ0v) is 17.6. The topological polar surface area (TPSA) is 66.5 Å². The average molecular weight is 389 g/mol. The van der Waals surface area contributed by atoms with E-state index in [4.69, 9.17) is 0 Å². The second-order valence-corrected chi connectivity index (χ2v) is 9.35.